The quantitative estimate of drug-likeness (QED) is 0.767. The molecule has 0 aliphatic heterocycles. The normalized spacial score (nSPS) is 9.89. The average molecular weight is 242 g/mol. The van der Waals surface area contributed by atoms with E-state index in [1.807, 2.05) is 30.3 Å². The Kier molecular flexibility index (Phi) is 3.63. The van der Waals surface area contributed by atoms with E-state index in [0.717, 1.165) is 0 Å². The molecule has 0 aromatic heterocycles. The largest absolute Gasteiger partial charge is 0.493 e. The van der Waals surface area contributed by atoms with Gasteiger partial charge in [0.05, 0.1) is 12.7 Å². The lowest BCUT2D eigenvalue weighted by atomic mass is 10.1. The average Bonchev–Trinajstić information content (AvgIpc) is 2.40. The predicted octanol–water partition coefficient (Wildman–Crippen LogP) is 3.69. The van der Waals surface area contributed by atoms with Crippen molar-refractivity contribution in [2.24, 2.45) is 0 Å². The summed E-state index contributed by atoms with van der Waals surface area (Å²) in [4.78, 5) is 11.5. The first-order chi connectivity index (χ1) is 8.72. The monoisotopic (exact) mass is 242 g/mol. The van der Waals surface area contributed by atoms with Gasteiger partial charge < -0.3 is 9.47 Å². The smallest absolute Gasteiger partial charge is 0.169 e. The van der Waals surface area contributed by atoms with Gasteiger partial charge in [-0.3, -0.25) is 4.79 Å². The van der Waals surface area contributed by atoms with Crippen molar-refractivity contribution in [1.82, 2.24) is 0 Å². The Morgan fingerprint density at radius 2 is 1.44 bits per heavy atom. The highest BCUT2D eigenvalue weighted by molar-refractivity contribution is 5.96. The standard InChI is InChI=1S/C15H14O3/c1-11(16)12-7-3-4-8-13(12)18-15-10-6-5-9-14(15)17-2/h3-10H,1-2H3. The van der Waals surface area contributed by atoms with Crippen LogP contribution in [0.2, 0.25) is 0 Å². The number of para-hydroxylation sites is 3. The zero-order valence-electron chi connectivity index (χ0n) is 10.3. The summed E-state index contributed by atoms with van der Waals surface area (Å²) < 4.78 is 11.0. The van der Waals surface area contributed by atoms with Crippen molar-refractivity contribution in [2.75, 3.05) is 7.11 Å². The molecule has 18 heavy (non-hydrogen) atoms. The first kappa shape index (κ1) is 12.2. The van der Waals surface area contributed by atoms with Crippen molar-refractivity contribution >= 4 is 5.78 Å². The molecule has 0 aliphatic carbocycles. The Morgan fingerprint density at radius 3 is 2.06 bits per heavy atom. The van der Waals surface area contributed by atoms with Crippen LogP contribution in [0.3, 0.4) is 0 Å². The van der Waals surface area contributed by atoms with Crippen molar-refractivity contribution in [2.45, 2.75) is 6.92 Å². The fourth-order valence-electron chi connectivity index (χ4n) is 1.67. The molecule has 0 heterocycles. The van der Waals surface area contributed by atoms with E-state index in [0.29, 0.717) is 22.8 Å². The Balaban J connectivity index is 2.37. The van der Waals surface area contributed by atoms with Crippen molar-refractivity contribution in [1.29, 1.82) is 0 Å². The summed E-state index contributed by atoms with van der Waals surface area (Å²) in [5, 5.41) is 0. The number of hydrogen-bond acceptors (Lipinski definition) is 3. The number of methoxy groups -OCH3 is 1. The van der Waals surface area contributed by atoms with E-state index in [1.54, 1.807) is 25.3 Å². The van der Waals surface area contributed by atoms with Crippen LogP contribution in [0.25, 0.3) is 0 Å². The van der Waals surface area contributed by atoms with Gasteiger partial charge in [0.1, 0.15) is 5.75 Å². The van der Waals surface area contributed by atoms with Gasteiger partial charge in [0.25, 0.3) is 0 Å². The molecule has 0 aliphatic rings. The van der Waals surface area contributed by atoms with Gasteiger partial charge in [0, 0.05) is 0 Å². The molecule has 3 nitrogen and oxygen atoms in total. The van der Waals surface area contributed by atoms with Gasteiger partial charge in [0.2, 0.25) is 0 Å². The third-order valence-corrected chi connectivity index (χ3v) is 2.56. The lowest BCUT2D eigenvalue weighted by molar-refractivity contribution is 0.101. The predicted molar refractivity (Wildman–Crippen MR) is 69.5 cm³/mol. The molecular weight excluding hydrogens is 228 g/mol. The van der Waals surface area contributed by atoms with Gasteiger partial charge in [-0.15, -0.1) is 0 Å². The summed E-state index contributed by atoms with van der Waals surface area (Å²) in [5.41, 5.74) is 0.559. The fourth-order valence-corrected chi connectivity index (χ4v) is 1.67. The van der Waals surface area contributed by atoms with Crippen molar-refractivity contribution < 1.29 is 14.3 Å². The Bertz CT molecular complexity index is 561. The third-order valence-electron chi connectivity index (χ3n) is 2.56. The first-order valence-electron chi connectivity index (χ1n) is 5.63. The molecule has 0 unspecified atom stereocenters. The van der Waals surface area contributed by atoms with Crippen molar-refractivity contribution in [3.63, 3.8) is 0 Å². The van der Waals surface area contributed by atoms with Crippen LogP contribution >= 0.6 is 0 Å². The lowest BCUT2D eigenvalue weighted by Gasteiger charge is -2.11. The van der Waals surface area contributed by atoms with Gasteiger partial charge in [-0.25, -0.2) is 0 Å². The molecule has 0 spiro atoms. The highest BCUT2D eigenvalue weighted by Gasteiger charge is 2.10. The minimum Gasteiger partial charge on any atom is -0.493 e. The molecule has 0 N–H and O–H groups in total. The maximum Gasteiger partial charge on any atom is 0.169 e. The molecule has 2 aromatic rings. The Morgan fingerprint density at radius 1 is 0.889 bits per heavy atom. The number of benzene rings is 2. The summed E-state index contributed by atoms with van der Waals surface area (Å²) in [6, 6.07) is 14.5. The molecule has 0 radical (unpaired) electrons. The summed E-state index contributed by atoms with van der Waals surface area (Å²) in [6.07, 6.45) is 0. The van der Waals surface area contributed by atoms with E-state index in [9.17, 15) is 4.79 Å². The maximum absolute atomic E-state index is 11.5. The number of carbonyl (C=O) groups is 1. The number of Topliss-reactive ketones (excluding diaryl/α,β-unsaturated/α-hetero) is 1. The molecule has 2 aromatic carbocycles. The van der Waals surface area contributed by atoms with Crippen LogP contribution < -0.4 is 9.47 Å². The Hall–Kier alpha value is -2.29. The highest BCUT2D eigenvalue weighted by Crippen LogP contribution is 2.32. The van der Waals surface area contributed by atoms with Crippen molar-refractivity contribution in [3.8, 4) is 17.2 Å². The van der Waals surface area contributed by atoms with Crippen LogP contribution in [0, 0.1) is 0 Å². The van der Waals surface area contributed by atoms with Crippen LogP contribution in [-0.2, 0) is 0 Å². The van der Waals surface area contributed by atoms with Gasteiger partial charge in [-0.1, -0.05) is 24.3 Å². The second kappa shape index (κ2) is 5.36. The highest BCUT2D eigenvalue weighted by atomic mass is 16.5. The molecular formula is C15H14O3. The lowest BCUT2D eigenvalue weighted by Crippen LogP contribution is -1.97. The summed E-state index contributed by atoms with van der Waals surface area (Å²) in [6.45, 7) is 1.52. The van der Waals surface area contributed by atoms with E-state index in [-0.39, 0.29) is 5.78 Å². The van der Waals surface area contributed by atoms with E-state index < -0.39 is 0 Å². The van der Waals surface area contributed by atoms with Gasteiger partial charge >= 0.3 is 0 Å². The van der Waals surface area contributed by atoms with E-state index in [2.05, 4.69) is 0 Å². The van der Waals surface area contributed by atoms with E-state index in [1.165, 1.54) is 6.92 Å². The zero-order chi connectivity index (χ0) is 13.0. The zero-order valence-corrected chi connectivity index (χ0v) is 10.3. The number of carbonyl (C=O) groups excluding carboxylic acids is 1. The number of ether oxygens (including phenoxy) is 2. The van der Waals surface area contributed by atoms with Gasteiger partial charge in [-0.2, -0.15) is 0 Å². The van der Waals surface area contributed by atoms with Crippen LogP contribution in [-0.4, -0.2) is 12.9 Å². The minimum absolute atomic E-state index is 0.0273. The summed E-state index contributed by atoms with van der Waals surface area (Å²) in [7, 11) is 1.58. The van der Waals surface area contributed by atoms with E-state index in [4.69, 9.17) is 9.47 Å². The second-order valence-electron chi connectivity index (χ2n) is 3.81. The molecule has 92 valence electrons. The SMILES string of the molecule is COc1ccccc1Oc1ccccc1C(C)=O. The molecule has 2 rings (SSSR count). The van der Waals surface area contributed by atoms with Gasteiger partial charge in [-0.05, 0) is 31.2 Å². The second-order valence-corrected chi connectivity index (χ2v) is 3.81. The summed E-state index contributed by atoms with van der Waals surface area (Å²) >= 11 is 0. The summed E-state index contributed by atoms with van der Waals surface area (Å²) in [5.74, 6) is 1.74. The van der Waals surface area contributed by atoms with Crippen LogP contribution in [0.4, 0.5) is 0 Å². The van der Waals surface area contributed by atoms with Crippen LogP contribution in [0.15, 0.2) is 48.5 Å². The molecule has 0 amide bonds. The fraction of sp³-hybridized carbons (Fsp3) is 0.133. The topological polar surface area (TPSA) is 35.5 Å². The number of ketones is 1. The molecule has 0 saturated heterocycles. The van der Waals surface area contributed by atoms with E-state index >= 15 is 0 Å². The Labute approximate surface area is 106 Å². The molecule has 0 saturated carbocycles. The van der Waals surface area contributed by atoms with Crippen molar-refractivity contribution in [3.05, 3.63) is 54.1 Å². The van der Waals surface area contributed by atoms with Crippen LogP contribution in [0.1, 0.15) is 17.3 Å². The molecule has 0 atom stereocenters. The maximum atomic E-state index is 11.5. The number of hydrogen-bond donors (Lipinski definition) is 0. The van der Waals surface area contributed by atoms with Gasteiger partial charge in [0.15, 0.2) is 17.3 Å². The molecule has 0 fully saturated rings. The van der Waals surface area contributed by atoms with Crippen LogP contribution in [0.5, 0.6) is 17.2 Å². The minimum atomic E-state index is -0.0273. The number of rotatable bonds is 4. The molecule has 0 bridgehead atoms. The molecule has 3 heteroatoms. The third kappa shape index (κ3) is 2.51. The first-order valence-corrected chi connectivity index (χ1v) is 5.63.